The molecule has 0 fully saturated rings. The van der Waals surface area contributed by atoms with Gasteiger partial charge in [-0.15, -0.1) is 4.55 Å². The SMILES string of the molecule is CCCCCCCCC[CH2][Mg][CH2]C=O. The van der Waals surface area contributed by atoms with Crippen LogP contribution in [0.15, 0.2) is 0 Å². The van der Waals surface area contributed by atoms with Crippen molar-refractivity contribution >= 4 is 26.7 Å². The lowest BCUT2D eigenvalue weighted by Gasteiger charge is -2.00. The van der Waals surface area contributed by atoms with E-state index in [0.717, 1.165) is 10.8 Å². The number of aldehydes is 1. The van der Waals surface area contributed by atoms with Gasteiger partial charge in [0.05, 0.1) is 6.29 Å². The molecule has 0 aliphatic rings. The number of unbranched alkanes of at least 4 members (excludes halogenated alkanes) is 7. The highest BCUT2D eigenvalue weighted by molar-refractivity contribution is 6.39. The van der Waals surface area contributed by atoms with Crippen molar-refractivity contribution in [2.45, 2.75) is 67.4 Å². The van der Waals surface area contributed by atoms with Crippen molar-refractivity contribution in [1.82, 2.24) is 0 Å². The van der Waals surface area contributed by atoms with Crippen LogP contribution in [-0.2, 0) is 4.79 Å². The Balaban J connectivity index is 2.81. The normalized spacial score (nSPS) is 9.79. The molecule has 0 heterocycles. The van der Waals surface area contributed by atoms with E-state index in [9.17, 15) is 4.79 Å². The summed E-state index contributed by atoms with van der Waals surface area (Å²) in [6.45, 7) is 2.26. The lowest BCUT2D eigenvalue weighted by atomic mass is 10.1. The molecule has 0 bridgehead atoms. The predicted octanol–water partition coefficient (Wildman–Crippen LogP) is 3.87. The molecule has 0 aromatic heterocycles. The number of rotatable bonds is 11. The molecule has 0 saturated carbocycles. The van der Waals surface area contributed by atoms with E-state index in [0.29, 0.717) is 0 Å². The summed E-state index contributed by atoms with van der Waals surface area (Å²) >= 11 is -0.00435. The van der Waals surface area contributed by atoms with Crippen molar-refractivity contribution in [3.63, 3.8) is 0 Å². The Morgan fingerprint density at radius 3 is 2.07 bits per heavy atom. The number of carbonyl (C=O) groups is 1. The van der Waals surface area contributed by atoms with Gasteiger partial charge in [0.1, 0.15) is 0 Å². The number of hydrogen-bond donors (Lipinski definition) is 0. The predicted molar refractivity (Wildman–Crippen MR) is 64.0 cm³/mol. The van der Waals surface area contributed by atoms with E-state index in [2.05, 4.69) is 6.92 Å². The molecule has 0 aromatic rings. The van der Waals surface area contributed by atoms with Crippen LogP contribution in [0.5, 0.6) is 0 Å². The highest BCUT2D eigenvalue weighted by Crippen LogP contribution is 2.09. The first-order chi connectivity index (χ1) is 6.91. The Morgan fingerprint density at radius 1 is 0.929 bits per heavy atom. The van der Waals surface area contributed by atoms with Gasteiger partial charge in [-0.2, -0.15) is 0 Å². The van der Waals surface area contributed by atoms with Crippen LogP contribution in [0.1, 0.15) is 58.3 Å². The maximum Gasteiger partial charge on any atom is 0.375 e. The first-order valence-corrected chi connectivity index (χ1v) is 8.35. The van der Waals surface area contributed by atoms with Gasteiger partial charge in [-0.25, -0.2) is 0 Å². The van der Waals surface area contributed by atoms with Crippen LogP contribution in [0.4, 0.5) is 0 Å². The van der Waals surface area contributed by atoms with Crippen LogP contribution in [0.25, 0.3) is 0 Å². The molecule has 0 rings (SSSR count). The second kappa shape index (κ2) is 13.4. The molecule has 0 atom stereocenters. The quantitative estimate of drug-likeness (QED) is 0.286. The molecule has 14 heavy (non-hydrogen) atoms. The van der Waals surface area contributed by atoms with Crippen molar-refractivity contribution in [1.29, 1.82) is 0 Å². The zero-order valence-corrected chi connectivity index (χ0v) is 11.2. The lowest BCUT2D eigenvalue weighted by Crippen LogP contribution is -1.89. The van der Waals surface area contributed by atoms with E-state index in [-0.39, 0.29) is 20.4 Å². The molecular formula is C12H24MgO. The lowest BCUT2D eigenvalue weighted by molar-refractivity contribution is -0.106. The molecule has 0 spiro atoms. The van der Waals surface area contributed by atoms with E-state index in [1.165, 1.54) is 55.9 Å². The first kappa shape index (κ1) is 14.4. The van der Waals surface area contributed by atoms with Crippen molar-refractivity contribution in [3.8, 4) is 0 Å². The van der Waals surface area contributed by atoms with Gasteiger partial charge in [0.15, 0.2) is 0 Å². The maximum atomic E-state index is 10.1. The zero-order valence-electron chi connectivity index (χ0n) is 9.76. The van der Waals surface area contributed by atoms with Crippen LogP contribution in [0.2, 0.25) is 9.10 Å². The molecule has 2 heteroatoms. The molecule has 0 aliphatic carbocycles. The second-order valence-corrected chi connectivity index (χ2v) is 6.13. The molecule has 0 unspecified atom stereocenters. The molecule has 0 radical (unpaired) electrons. The van der Waals surface area contributed by atoms with Crippen LogP contribution in [-0.4, -0.2) is 26.7 Å². The Kier molecular flexibility index (Phi) is 13.9. The maximum absolute atomic E-state index is 10.1. The second-order valence-electron chi connectivity index (χ2n) is 4.14. The van der Waals surface area contributed by atoms with Gasteiger partial charge in [-0.05, 0) is 0 Å². The minimum atomic E-state index is -0.00435. The van der Waals surface area contributed by atoms with Gasteiger partial charge in [-0.1, -0.05) is 62.8 Å². The van der Waals surface area contributed by atoms with Crippen LogP contribution < -0.4 is 0 Å². The summed E-state index contributed by atoms with van der Waals surface area (Å²) in [7, 11) is 0. The van der Waals surface area contributed by atoms with Crippen LogP contribution in [0, 0.1) is 0 Å². The van der Waals surface area contributed by atoms with E-state index in [4.69, 9.17) is 0 Å². The van der Waals surface area contributed by atoms with Gasteiger partial charge < -0.3 is 4.79 Å². The van der Waals surface area contributed by atoms with E-state index in [1.807, 2.05) is 0 Å². The van der Waals surface area contributed by atoms with Gasteiger partial charge in [-0.3, -0.25) is 0 Å². The molecule has 1 nitrogen and oxygen atoms in total. The number of hydrogen-bond acceptors (Lipinski definition) is 1. The van der Waals surface area contributed by atoms with Crippen LogP contribution in [0.3, 0.4) is 0 Å². The van der Waals surface area contributed by atoms with Gasteiger partial charge in [0.2, 0.25) is 0 Å². The van der Waals surface area contributed by atoms with E-state index >= 15 is 0 Å². The third-order valence-corrected chi connectivity index (χ3v) is 4.32. The molecule has 0 saturated heterocycles. The average molecular weight is 209 g/mol. The minimum Gasteiger partial charge on any atom is -0.306 e. The monoisotopic (exact) mass is 208 g/mol. The van der Waals surface area contributed by atoms with Crippen molar-refractivity contribution in [3.05, 3.63) is 0 Å². The van der Waals surface area contributed by atoms with Crippen molar-refractivity contribution < 1.29 is 4.79 Å². The third kappa shape index (κ3) is 12.4. The fourth-order valence-corrected chi connectivity index (χ4v) is 2.88. The van der Waals surface area contributed by atoms with Gasteiger partial charge >= 0.3 is 20.4 Å². The average Bonchev–Trinajstić information content (AvgIpc) is 2.21. The fourth-order valence-electron chi connectivity index (χ4n) is 1.72. The summed E-state index contributed by atoms with van der Waals surface area (Å²) in [5.74, 6) is 0. The minimum absolute atomic E-state index is 0.00435. The Hall–Kier alpha value is 0.436. The third-order valence-electron chi connectivity index (χ3n) is 2.68. The molecule has 0 aliphatic heterocycles. The van der Waals surface area contributed by atoms with Crippen LogP contribution >= 0.6 is 0 Å². The highest BCUT2D eigenvalue weighted by Gasteiger charge is 1.94. The molecule has 0 aromatic carbocycles. The number of carbonyl (C=O) groups excluding carboxylic acids is 1. The summed E-state index contributed by atoms with van der Waals surface area (Å²) in [5, 5.41) is 0. The smallest absolute Gasteiger partial charge is 0.306 e. The highest BCUT2D eigenvalue weighted by atomic mass is 24.5. The van der Waals surface area contributed by atoms with Gasteiger partial charge in [0, 0.05) is 0 Å². The summed E-state index contributed by atoms with van der Waals surface area (Å²) in [6.07, 6.45) is 12.3. The first-order valence-electron chi connectivity index (χ1n) is 6.35. The summed E-state index contributed by atoms with van der Waals surface area (Å²) < 4.78 is 2.28. The van der Waals surface area contributed by atoms with Gasteiger partial charge in [0.25, 0.3) is 0 Å². The Morgan fingerprint density at radius 2 is 1.50 bits per heavy atom. The van der Waals surface area contributed by atoms with E-state index < -0.39 is 0 Å². The standard InChI is InChI=1S/C10H21.C2H3O.Mg/c1-3-5-7-9-10-8-6-4-2;1-2-3;/h1,3-10H2,2H3;2H,1H2;. The molecular weight excluding hydrogens is 184 g/mol. The fraction of sp³-hybridized carbons (Fsp3) is 0.917. The summed E-state index contributed by atoms with van der Waals surface area (Å²) in [5.41, 5.74) is 0. The summed E-state index contributed by atoms with van der Waals surface area (Å²) in [4.78, 5) is 10.1. The zero-order chi connectivity index (χ0) is 10.5. The summed E-state index contributed by atoms with van der Waals surface area (Å²) in [6, 6.07) is 0. The Bertz CT molecular complexity index is 115. The molecule has 0 N–H and O–H groups in total. The topological polar surface area (TPSA) is 17.1 Å². The Labute approximate surface area is 98.8 Å². The van der Waals surface area contributed by atoms with Crippen molar-refractivity contribution in [2.24, 2.45) is 0 Å². The molecule has 80 valence electrons. The molecule has 0 amide bonds. The van der Waals surface area contributed by atoms with Crippen molar-refractivity contribution in [2.75, 3.05) is 0 Å². The largest absolute Gasteiger partial charge is 0.375 e. The van der Waals surface area contributed by atoms with E-state index in [1.54, 1.807) is 0 Å².